The second-order valence-corrected chi connectivity index (χ2v) is 12.3. The zero-order chi connectivity index (χ0) is 27.5. The minimum absolute atomic E-state index is 0.0815. The number of fused-ring (bicyclic) bond motifs is 13. The summed E-state index contributed by atoms with van der Waals surface area (Å²) in [5, 5.41) is 0. The van der Waals surface area contributed by atoms with Crippen LogP contribution in [-0.4, -0.2) is 0 Å². The maximum absolute atomic E-state index is 7.05. The van der Waals surface area contributed by atoms with Crippen LogP contribution in [-0.2, 0) is 10.8 Å². The predicted octanol–water partition coefficient (Wildman–Crippen LogP) is 9.59. The molecule has 6 aromatic carbocycles. The van der Waals surface area contributed by atoms with E-state index in [0.29, 0.717) is 0 Å². The summed E-state index contributed by atoms with van der Waals surface area (Å²) < 4.78 is 0. The van der Waals surface area contributed by atoms with Gasteiger partial charge in [-0.3, -0.25) is 0 Å². The van der Waals surface area contributed by atoms with Crippen molar-refractivity contribution >= 4 is 5.69 Å². The second kappa shape index (κ2) is 7.65. The molecule has 0 radical (unpaired) electrons. The van der Waals surface area contributed by atoms with Crippen LogP contribution in [0.3, 0.4) is 0 Å². The molecule has 0 saturated carbocycles. The van der Waals surface area contributed by atoms with Crippen LogP contribution in [0.2, 0.25) is 0 Å². The van der Waals surface area contributed by atoms with Crippen molar-refractivity contribution in [1.29, 1.82) is 0 Å². The molecule has 0 saturated heterocycles. The van der Waals surface area contributed by atoms with Gasteiger partial charge < -0.3 is 5.73 Å². The Morgan fingerprint density at radius 3 is 1.46 bits per heavy atom. The summed E-state index contributed by atoms with van der Waals surface area (Å²) in [6.07, 6.45) is 0. The molecule has 3 aliphatic carbocycles. The third-order valence-corrected chi connectivity index (χ3v) is 10.1. The monoisotopic (exact) mass is 523 g/mol. The molecular weight excluding hydrogens is 494 g/mol. The Kier molecular flexibility index (Phi) is 4.27. The van der Waals surface area contributed by atoms with Crippen molar-refractivity contribution in [2.45, 2.75) is 24.7 Å². The van der Waals surface area contributed by atoms with Gasteiger partial charge in [0, 0.05) is 16.7 Å². The summed E-state index contributed by atoms with van der Waals surface area (Å²) in [5.74, 6) is 0. The molecule has 41 heavy (non-hydrogen) atoms. The van der Waals surface area contributed by atoms with Crippen LogP contribution in [0, 0.1) is 0 Å². The minimum atomic E-state index is -0.429. The molecule has 6 aromatic rings. The van der Waals surface area contributed by atoms with E-state index in [-0.39, 0.29) is 5.41 Å². The van der Waals surface area contributed by atoms with E-state index in [1.807, 2.05) is 0 Å². The lowest BCUT2D eigenvalue weighted by molar-refractivity contribution is 0.660. The average molecular weight is 524 g/mol. The third kappa shape index (κ3) is 2.63. The van der Waals surface area contributed by atoms with Gasteiger partial charge in [0.1, 0.15) is 0 Å². The van der Waals surface area contributed by atoms with Gasteiger partial charge in [0.2, 0.25) is 0 Å². The molecule has 0 unspecified atom stereocenters. The lowest BCUT2D eigenvalue weighted by Gasteiger charge is -2.33. The number of nitrogens with two attached hydrogens (primary N) is 1. The van der Waals surface area contributed by atoms with Crippen molar-refractivity contribution in [2.75, 3.05) is 5.73 Å². The Morgan fingerprint density at radius 1 is 0.439 bits per heavy atom. The van der Waals surface area contributed by atoms with Gasteiger partial charge in [0.05, 0.1) is 5.41 Å². The first-order valence-electron chi connectivity index (χ1n) is 14.5. The van der Waals surface area contributed by atoms with Gasteiger partial charge in [-0.1, -0.05) is 129 Å². The van der Waals surface area contributed by atoms with Crippen molar-refractivity contribution in [3.8, 4) is 44.5 Å². The van der Waals surface area contributed by atoms with E-state index in [2.05, 4.69) is 141 Å². The first-order chi connectivity index (χ1) is 20.0. The Bertz CT molecular complexity index is 2030. The number of hydrogen-bond acceptors (Lipinski definition) is 1. The predicted molar refractivity (Wildman–Crippen MR) is 170 cm³/mol. The number of anilines is 1. The van der Waals surface area contributed by atoms with Gasteiger partial charge in [-0.2, -0.15) is 0 Å². The van der Waals surface area contributed by atoms with Crippen molar-refractivity contribution in [3.05, 3.63) is 161 Å². The standard InChI is InChI=1S/C40H29N/c1-39(2)31-15-7-3-11-25(31)29-20-19-24(23-35(29)39)37-36(41)22-21-30-28-14-6-10-18-34(28)40(38(30)37)32-16-8-4-12-26(32)27-13-5-9-17-33(27)40/h3-23H,41H2,1-2H3. The highest BCUT2D eigenvalue weighted by Crippen LogP contribution is 2.65. The van der Waals surface area contributed by atoms with Crippen LogP contribution in [0.4, 0.5) is 5.69 Å². The minimum Gasteiger partial charge on any atom is -0.398 e. The highest BCUT2D eigenvalue weighted by molar-refractivity contribution is 6.01. The Morgan fingerprint density at radius 2 is 0.878 bits per heavy atom. The molecule has 1 nitrogen and oxygen atoms in total. The molecule has 1 heteroatoms. The molecule has 3 aliphatic rings. The number of rotatable bonds is 1. The smallest absolute Gasteiger partial charge is 0.0732 e. The van der Waals surface area contributed by atoms with Crippen LogP contribution < -0.4 is 5.73 Å². The largest absolute Gasteiger partial charge is 0.398 e. The number of benzene rings is 6. The number of nitrogen functional groups attached to an aromatic ring is 1. The van der Waals surface area contributed by atoms with Crippen LogP contribution in [0.5, 0.6) is 0 Å². The van der Waals surface area contributed by atoms with Gasteiger partial charge in [-0.25, -0.2) is 0 Å². The quantitative estimate of drug-likeness (QED) is 0.213. The third-order valence-electron chi connectivity index (χ3n) is 10.1. The molecule has 0 fully saturated rings. The van der Waals surface area contributed by atoms with E-state index < -0.39 is 5.41 Å². The molecule has 0 atom stereocenters. The second-order valence-electron chi connectivity index (χ2n) is 12.3. The molecule has 9 rings (SSSR count). The number of hydrogen-bond donors (Lipinski definition) is 1. The topological polar surface area (TPSA) is 26.0 Å². The van der Waals surface area contributed by atoms with Crippen LogP contribution in [0.25, 0.3) is 44.5 Å². The molecule has 0 amide bonds. The highest BCUT2D eigenvalue weighted by Gasteiger charge is 2.53. The van der Waals surface area contributed by atoms with Crippen molar-refractivity contribution in [1.82, 2.24) is 0 Å². The molecule has 0 heterocycles. The normalized spacial score (nSPS) is 15.6. The Balaban J connectivity index is 1.41. The summed E-state index contributed by atoms with van der Waals surface area (Å²) in [5.41, 5.74) is 25.7. The maximum Gasteiger partial charge on any atom is 0.0732 e. The fraction of sp³-hybridized carbons (Fsp3) is 0.100. The lowest BCUT2D eigenvalue weighted by atomic mass is 9.68. The first-order valence-corrected chi connectivity index (χ1v) is 14.5. The fourth-order valence-electron chi connectivity index (χ4n) is 8.38. The molecule has 0 aliphatic heterocycles. The molecule has 0 bridgehead atoms. The molecule has 0 aromatic heterocycles. The van der Waals surface area contributed by atoms with E-state index in [9.17, 15) is 0 Å². The average Bonchev–Trinajstić information content (AvgIpc) is 3.56. The zero-order valence-electron chi connectivity index (χ0n) is 23.2. The molecule has 1 spiro atoms. The van der Waals surface area contributed by atoms with Crippen LogP contribution in [0.1, 0.15) is 47.2 Å². The lowest BCUT2D eigenvalue weighted by Crippen LogP contribution is -2.27. The summed E-state index contributed by atoms with van der Waals surface area (Å²) in [6.45, 7) is 4.70. The van der Waals surface area contributed by atoms with Crippen molar-refractivity contribution < 1.29 is 0 Å². The SMILES string of the molecule is CC1(C)c2ccccc2-c2ccc(-c3c(N)ccc4c3C3(c5ccccc5-c5ccccc53)c3ccccc3-4)cc21. The van der Waals surface area contributed by atoms with E-state index in [1.54, 1.807) is 0 Å². The van der Waals surface area contributed by atoms with Crippen LogP contribution in [0.15, 0.2) is 127 Å². The van der Waals surface area contributed by atoms with Crippen molar-refractivity contribution in [2.24, 2.45) is 0 Å². The van der Waals surface area contributed by atoms with Gasteiger partial charge in [-0.15, -0.1) is 0 Å². The Hall–Kier alpha value is -4.88. The first kappa shape index (κ1) is 22.9. The summed E-state index contributed by atoms with van der Waals surface area (Å²) >= 11 is 0. The van der Waals surface area contributed by atoms with E-state index in [0.717, 1.165) is 11.3 Å². The van der Waals surface area contributed by atoms with Gasteiger partial charge in [-0.05, 0) is 84.5 Å². The Labute approximate surface area is 240 Å². The summed E-state index contributed by atoms with van der Waals surface area (Å²) in [4.78, 5) is 0. The van der Waals surface area contributed by atoms with Crippen molar-refractivity contribution in [3.63, 3.8) is 0 Å². The summed E-state index contributed by atoms with van der Waals surface area (Å²) in [7, 11) is 0. The summed E-state index contributed by atoms with van der Waals surface area (Å²) in [6, 6.07) is 47.2. The van der Waals surface area contributed by atoms with Crippen LogP contribution >= 0.6 is 0 Å². The van der Waals surface area contributed by atoms with Gasteiger partial charge in [0.15, 0.2) is 0 Å². The van der Waals surface area contributed by atoms with E-state index in [1.165, 1.54) is 72.3 Å². The zero-order valence-corrected chi connectivity index (χ0v) is 23.2. The molecular formula is C40H29N. The van der Waals surface area contributed by atoms with E-state index >= 15 is 0 Å². The molecule has 2 N–H and O–H groups in total. The fourth-order valence-corrected chi connectivity index (χ4v) is 8.38. The van der Waals surface area contributed by atoms with E-state index in [4.69, 9.17) is 5.73 Å². The van der Waals surface area contributed by atoms with Gasteiger partial charge >= 0.3 is 0 Å². The molecule has 194 valence electrons. The highest BCUT2D eigenvalue weighted by atomic mass is 14.6. The van der Waals surface area contributed by atoms with Gasteiger partial charge in [0.25, 0.3) is 0 Å². The maximum atomic E-state index is 7.05.